The molecule has 2 aliphatic rings. The zero-order valence-electron chi connectivity index (χ0n) is 17.9. The molecule has 2 heterocycles. The van der Waals surface area contributed by atoms with E-state index < -0.39 is 0 Å². The van der Waals surface area contributed by atoms with E-state index in [-0.39, 0.29) is 5.91 Å². The lowest BCUT2D eigenvalue weighted by atomic mass is 9.94. The van der Waals surface area contributed by atoms with Crippen LogP contribution >= 0.6 is 0 Å². The SMILES string of the molecule is COc1ccc(CCN(CC2CCN(C)CC2)C2CCN(C(C)=O)CC2)cc1. The van der Waals surface area contributed by atoms with Gasteiger partial charge in [0, 0.05) is 39.1 Å². The Kier molecular flexibility index (Phi) is 7.74. The Balaban J connectivity index is 1.59. The number of carbonyl (C=O) groups excluding carboxylic acids is 1. The highest BCUT2D eigenvalue weighted by Gasteiger charge is 2.28. The average molecular weight is 388 g/mol. The van der Waals surface area contributed by atoms with Crippen molar-refractivity contribution < 1.29 is 9.53 Å². The van der Waals surface area contributed by atoms with Crippen LogP contribution in [0.5, 0.6) is 5.75 Å². The number of methoxy groups -OCH3 is 1. The Labute approximate surface area is 170 Å². The van der Waals surface area contributed by atoms with Crippen LogP contribution in [0, 0.1) is 5.92 Å². The van der Waals surface area contributed by atoms with E-state index in [9.17, 15) is 4.79 Å². The van der Waals surface area contributed by atoms with Gasteiger partial charge in [0.25, 0.3) is 0 Å². The zero-order valence-corrected chi connectivity index (χ0v) is 17.9. The molecule has 0 saturated carbocycles. The Morgan fingerprint density at radius 2 is 1.71 bits per heavy atom. The Morgan fingerprint density at radius 1 is 1.07 bits per heavy atom. The van der Waals surface area contributed by atoms with Gasteiger partial charge in [-0.1, -0.05) is 12.1 Å². The normalized spacial score (nSPS) is 19.9. The van der Waals surface area contributed by atoms with Gasteiger partial charge in [-0.25, -0.2) is 0 Å². The molecule has 3 rings (SSSR count). The molecule has 0 aromatic heterocycles. The molecule has 0 radical (unpaired) electrons. The van der Waals surface area contributed by atoms with Gasteiger partial charge < -0.3 is 14.5 Å². The van der Waals surface area contributed by atoms with Crippen molar-refractivity contribution in [3.8, 4) is 5.75 Å². The van der Waals surface area contributed by atoms with Crippen molar-refractivity contribution in [1.82, 2.24) is 14.7 Å². The van der Waals surface area contributed by atoms with Crippen LogP contribution in [0.15, 0.2) is 24.3 Å². The van der Waals surface area contributed by atoms with E-state index in [2.05, 4.69) is 41.1 Å². The molecule has 2 aliphatic heterocycles. The highest BCUT2D eigenvalue weighted by molar-refractivity contribution is 5.73. The summed E-state index contributed by atoms with van der Waals surface area (Å²) >= 11 is 0. The highest BCUT2D eigenvalue weighted by Crippen LogP contribution is 2.23. The summed E-state index contributed by atoms with van der Waals surface area (Å²) in [6, 6.07) is 9.09. The third kappa shape index (κ3) is 5.95. The van der Waals surface area contributed by atoms with E-state index in [1.165, 1.54) is 38.0 Å². The number of piperidine rings is 2. The van der Waals surface area contributed by atoms with Gasteiger partial charge in [0.1, 0.15) is 5.75 Å². The van der Waals surface area contributed by atoms with E-state index >= 15 is 0 Å². The van der Waals surface area contributed by atoms with Gasteiger partial charge in [0.05, 0.1) is 7.11 Å². The van der Waals surface area contributed by atoms with E-state index in [0.29, 0.717) is 6.04 Å². The van der Waals surface area contributed by atoms with Crippen molar-refractivity contribution in [1.29, 1.82) is 0 Å². The van der Waals surface area contributed by atoms with Crippen molar-refractivity contribution in [2.45, 2.75) is 45.1 Å². The van der Waals surface area contributed by atoms with Gasteiger partial charge in [-0.15, -0.1) is 0 Å². The number of carbonyl (C=O) groups is 1. The van der Waals surface area contributed by atoms with Gasteiger partial charge in [-0.2, -0.15) is 0 Å². The summed E-state index contributed by atoms with van der Waals surface area (Å²) in [5.74, 6) is 1.94. The standard InChI is InChI=1S/C23H37N3O2/c1-19(27)25-16-11-22(12-17-25)26(18-21-8-13-24(2)14-9-21)15-10-20-4-6-23(28-3)7-5-20/h4-7,21-22H,8-18H2,1-3H3. The topological polar surface area (TPSA) is 36.0 Å². The number of nitrogens with zero attached hydrogens (tertiary/aromatic N) is 3. The summed E-state index contributed by atoms with van der Waals surface area (Å²) in [6.07, 6.45) is 5.90. The van der Waals surface area contributed by atoms with E-state index in [4.69, 9.17) is 4.74 Å². The molecule has 156 valence electrons. The molecule has 0 bridgehead atoms. The minimum atomic E-state index is 0.221. The predicted molar refractivity (Wildman–Crippen MR) is 114 cm³/mol. The number of amides is 1. The summed E-state index contributed by atoms with van der Waals surface area (Å²) in [5, 5.41) is 0. The summed E-state index contributed by atoms with van der Waals surface area (Å²) in [6.45, 7) is 8.26. The third-order valence-electron chi connectivity index (χ3n) is 6.60. The first kappa shape index (κ1) is 21.1. The quantitative estimate of drug-likeness (QED) is 0.721. The molecule has 28 heavy (non-hydrogen) atoms. The monoisotopic (exact) mass is 387 g/mol. The maximum Gasteiger partial charge on any atom is 0.219 e. The van der Waals surface area contributed by atoms with E-state index in [1.54, 1.807) is 14.0 Å². The molecule has 0 aliphatic carbocycles. The van der Waals surface area contributed by atoms with Crippen LogP contribution in [0.4, 0.5) is 0 Å². The Hall–Kier alpha value is -1.59. The second-order valence-corrected chi connectivity index (χ2v) is 8.58. The molecular weight excluding hydrogens is 350 g/mol. The lowest BCUT2D eigenvalue weighted by Gasteiger charge is -2.41. The van der Waals surface area contributed by atoms with Crippen LogP contribution in [0.2, 0.25) is 0 Å². The van der Waals surface area contributed by atoms with Crippen molar-refractivity contribution >= 4 is 5.91 Å². The first-order chi connectivity index (χ1) is 13.5. The molecule has 1 aromatic rings. The van der Waals surface area contributed by atoms with Crippen LogP contribution in [-0.2, 0) is 11.2 Å². The van der Waals surface area contributed by atoms with Gasteiger partial charge in [0.2, 0.25) is 5.91 Å². The lowest BCUT2D eigenvalue weighted by Crippen LogP contribution is -2.49. The average Bonchev–Trinajstić information content (AvgIpc) is 2.73. The molecule has 5 heteroatoms. The fourth-order valence-corrected chi connectivity index (χ4v) is 4.61. The molecular formula is C23H37N3O2. The maximum atomic E-state index is 11.7. The number of hydrogen-bond acceptors (Lipinski definition) is 4. The molecule has 0 N–H and O–H groups in total. The van der Waals surface area contributed by atoms with Gasteiger partial charge in [-0.05, 0) is 75.9 Å². The van der Waals surface area contributed by atoms with Crippen molar-refractivity contribution in [3.63, 3.8) is 0 Å². The maximum absolute atomic E-state index is 11.7. The first-order valence-electron chi connectivity index (χ1n) is 10.9. The molecule has 1 amide bonds. The largest absolute Gasteiger partial charge is 0.497 e. The van der Waals surface area contributed by atoms with Crippen LogP contribution in [0.25, 0.3) is 0 Å². The smallest absolute Gasteiger partial charge is 0.219 e. The molecule has 2 saturated heterocycles. The van der Waals surface area contributed by atoms with E-state index in [0.717, 1.165) is 50.6 Å². The minimum absolute atomic E-state index is 0.221. The van der Waals surface area contributed by atoms with Gasteiger partial charge in [-0.3, -0.25) is 9.69 Å². The highest BCUT2D eigenvalue weighted by atomic mass is 16.5. The van der Waals surface area contributed by atoms with Gasteiger partial charge in [0.15, 0.2) is 0 Å². The number of likely N-dealkylation sites (tertiary alicyclic amines) is 2. The fraction of sp³-hybridized carbons (Fsp3) is 0.696. The first-order valence-corrected chi connectivity index (χ1v) is 10.9. The van der Waals surface area contributed by atoms with Crippen LogP contribution in [-0.4, -0.2) is 80.1 Å². The lowest BCUT2D eigenvalue weighted by molar-refractivity contribution is -0.130. The summed E-state index contributed by atoms with van der Waals surface area (Å²) in [5.41, 5.74) is 1.37. The van der Waals surface area contributed by atoms with Crippen LogP contribution in [0.1, 0.15) is 38.2 Å². The van der Waals surface area contributed by atoms with Crippen molar-refractivity contribution in [2.24, 2.45) is 5.92 Å². The molecule has 1 aromatic carbocycles. The van der Waals surface area contributed by atoms with Gasteiger partial charge >= 0.3 is 0 Å². The third-order valence-corrected chi connectivity index (χ3v) is 6.60. The van der Waals surface area contributed by atoms with Crippen LogP contribution < -0.4 is 4.74 Å². The molecule has 0 atom stereocenters. The Bertz CT molecular complexity index is 603. The Morgan fingerprint density at radius 3 is 2.29 bits per heavy atom. The second-order valence-electron chi connectivity index (χ2n) is 8.58. The number of hydrogen-bond donors (Lipinski definition) is 0. The van der Waals surface area contributed by atoms with E-state index in [1.807, 2.05) is 4.90 Å². The molecule has 2 fully saturated rings. The molecule has 0 unspecified atom stereocenters. The minimum Gasteiger partial charge on any atom is -0.497 e. The zero-order chi connectivity index (χ0) is 19.9. The number of ether oxygens (including phenoxy) is 1. The molecule has 5 nitrogen and oxygen atoms in total. The summed E-state index contributed by atoms with van der Waals surface area (Å²) in [4.78, 5) is 18.9. The predicted octanol–water partition coefficient (Wildman–Crippen LogP) is 2.89. The fourth-order valence-electron chi connectivity index (χ4n) is 4.61. The van der Waals surface area contributed by atoms with Crippen LogP contribution in [0.3, 0.4) is 0 Å². The van der Waals surface area contributed by atoms with Crippen molar-refractivity contribution in [2.75, 3.05) is 53.4 Å². The molecule has 0 spiro atoms. The summed E-state index contributed by atoms with van der Waals surface area (Å²) in [7, 11) is 3.95. The van der Waals surface area contributed by atoms with Crippen molar-refractivity contribution in [3.05, 3.63) is 29.8 Å². The number of benzene rings is 1. The summed E-state index contributed by atoms with van der Waals surface area (Å²) < 4.78 is 5.28. The second kappa shape index (κ2) is 10.3. The number of rotatable bonds is 7.